The van der Waals surface area contributed by atoms with Gasteiger partial charge in [0.25, 0.3) is 5.91 Å². The van der Waals surface area contributed by atoms with Crippen LogP contribution in [0.15, 0.2) is 35.1 Å². The van der Waals surface area contributed by atoms with Crippen molar-refractivity contribution in [2.75, 3.05) is 0 Å². The third-order valence-corrected chi connectivity index (χ3v) is 2.87. The molecule has 1 aromatic carbocycles. The summed E-state index contributed by atoms with van der Waals surface area (Å²) in [4.78, 5) is 15.7. The van der Waals surface area contributed by atoms with Crippen molar-refractivity contribution in [3.63, 3.8) is 0 Å². The molecule has 0 spiro atoms. The van der Waals surface area contributed by atoms with Gasteiger partial charge in [-0.3, -0.25) is 9.89 Å². The average Bonchev–Trinajstić information content (AvgIpc) is 2.89. The molecule has 0 saturated heterocycles. The monoisotopic (exact) mass is 324 g/mol. The van der Waals surface area contributed by atoms with Gasteiger partial charge in [-0.05, 0) is 25.1 Å². The summed E-state index contributed by atoms with van der Waals surface area (Å²) in [6.45, 7) is 1.99. The van der Waals surface area contributed by atoms with E-state index in [-0.39, 0.29) is 5.91 Å². The lowest BCUT2D eigenvalue weighted by Gasteiger charge is -2.14. The summed E-state index contributed by atoms with van der Waals surface area (Å²) in [6.07, 6.45) is 0.806. The molecule has 19 heavy (non-hydrogen) atoms. The number of amides is 1. The summed E-state index contributed by atoms with van der Waals surface area (Å²) >= 11 is 3.35. The lowest BCUT2D eigenvalue weighted by molar-refractivity contribution is -0.127. The lowest BCUT2D eigenvalue weighted by Crippen LogP contribution is -2.36. The molecule has 2 aromatic rings. The molecule has 0 aliphatic rings. The Bertz CT molecular complexity index is 544. The first kappa shape index (κ1) is 13.5. The molecule has 0 fully saturated rings. The summed E-state index contributed by atoms with van der Waals surface area (Å²) in [6, 6.07) is 7.34. The summed E-state index contributed by atoms with van der Waals surface area (Å²) < 4.78 is 6.44. The molecule has 0 aliphatic heterocycles. The highest BCUT2D eigenvalue weighted by Gasteiger charge is 2.14. The third kappa shape index (κ3) is 4.06. The van der Waals surface area contributed by atoms with Gasteiger partial charge < -0.3 is 10.1 Å². The van der Waals surface area contributed by atoms with Crippen LogP contribution in [0.4, 0.5) is 0 Å². The topological polar surface area (TPSA) is 79.9 Å². The normalized spacial score (nSPS) is 11.9. The number of carbonyl (C=O) groups excluding carboxylic acids is 1. The molecule has 1 atom stereocenters. The number of H-pyrrole nitrogens is 1. The number of nitrogens with zero attached hydrogens (tertiary/aromatic N) is 2. The van der Waals surface area contributed by atoms with E-state index in [9.17, 15) is 4.79 Å². The molecule has 1 amide bonds. The number of ether oxygens (including phenoxy) is 1. The number of rotatable bonds is 5. The Morgan fingerprint density at radius 2 is 2.42 bits per heavy atom. The van der Waals surface area contributed by atoms with Crippen LogP contribution in [0.3, 0.4) is 0 Å². The van der Waals surface area contributed by atoms with Crippen molar-refractivity contribution in [2.24, 2.45) is 0 Å². The first-order chi connectivity index (χ1) is 9.15. The van der Waals surface area contributed by atoms with Crippen molar-refractivity contribution in [2.45, 2.75) is 19.6 Å². The fourth-order valence-electron chi connectivity index (χ4n) is 1.43. The van der Waals surface area contributed by atoms with Gasteiger partial charge in [-0.15, -0.1) is 0 Å². The van der Waals surface area contributed by atoms with Gasteiger partial charge in [0.1, 0.15) is 17.9 Å². The van der Waals surface area contributed by atoms with Crippen molar-refractivity contribution in [1.82, 2.24) is 20.5 Å². The van der Waals surface area contributed by atoms with E-state index in [1.165, 1.54) is 6.33 Å². The van der Waals surface area contributed by atoms with E-state index in [4.69, 9.17) is 4.74 Å². The van der Waals surface area contributed by atoms with Crippen molar-refractivity contribution in [3.8, 4) is 5.75 Å². The van der Waals surface area contributed by atoms with Gasteiger partial charge in [0.15, 0.2) is 6.10 Å². The van der Waals surface area contributed by atoms with Crippen LogP contribution in [-0.4, -0.2) is 27.2 Å². The fourth-order valence-corrected chi connectivity index (χ4v) is 1.81. The smallest absolute Gasteiger partial charge is 0.261 e. The van der Waals surface area contributed by atoms with E-state index in [1.807, 2.05) is 12.1 Å². The number of halogens is 1. The molecule has 0 radical (unpaired) electrons. The average molecular weight is 325 g/mol. The number of carbonyl (C=O) groups is 1. The van der Waals surface area contributed by atoms with Crippen molar-refractivity contribution < 1.29 is 9.53 Å². The van der Waals surface area contributed by atoms with Crippen LogP contribution in [0.5, 0.6) is 5.75 Å². The molecule has 100 valence electrons. The Hall–Kier alpha value is -1.89. The van der Waals surface area contributed by atoms with Gasteiger partial charge in [-0.25, -0.2) is 4.98 Å². The standard InChI is InChI=1S/C12H13BrN4O2/c1-8(19-10-4-2-3-9(13)5-10)12(18)14-6-11-15-7-16-17-11/h2-5,7-8H,6H2,1H3,(H,14,18)(H,15,16,17)/t8-/m0/s1. The molecule has 0 bridgehead atoms. The van der Waals surface area contributed by atoms with Crippen LogP contribution in [0.2, 0.25) is 0 Å². The van der Waals surface area contributed by atoms with Gasteiger partial charge >= 0.3 is 0 Å². The minimum absolute atomic E-state index is 0.212. The Balaban J connectivity index is 1.85. The first-order valence-electron chi connectivity index (χ1n) is 5.69. The van der Waals surface area contributed by atoms with E-state index in [0.29, 0.717) is 18.1 Å². The molecule has 2 rings (SSSR count). The maximum atomic E-state index is 11.8. The highest BCUT2D eigenvalue weighted by molar-refractivity contribution is 9.10. The Labute approximate surface area is 118 Å². The zero-order valence-corrected chi connectivity index (χ0v) is 11.8. The number of hydrogen-bond acceptors (Lipinski definition) is 4. The molecule has 0 saturated carbocycles. The van der Waals surface area contributed by atoms with E-state index < -0.39 is 6.10 Å². The van der Waals surface area contributed by atoms with Crippen molar-refractivity contribution >= 4 is 21.8 Å². The zero-order valence-electron chi connectivity index (χ0n) is 10.3. The van der Waals surface area contributed by atoms with Crippen molar-refractivity contribution in [1.29, 1.82) is 0 Å². The molecule has 1 aromatic heterocycles. The van der Waals surface area contributed by atoms with Gasteiger partial charge in [0, 0.05) is 4.47 Å². The second-order valence-electron chi connectivity index (χ2n) is 3.87. The Morgan fingerprint density at radius 1 is 1.58 bits per heavy atom. The second kappa shape index (κ2) is 6.33. The summed E-state index contributed by atoms with van der Waals surface area (Å²) in [5.41, 5.74) is 0. The van der Waals surface area contributed by atoms with E-state index in [2.05, 4.69) is 36.4 Å². The van der Waals surface area contributed by atoms with Crippen LogP contribution in [0, 0.1) is 0 Å². The number of benzene rings is 1. The van der Waals surface area contributed by atoms with Crippen LogP contribution in [0.1, 0.15) is 12.7 Å². The molecule has 0 aliphatic carbocycles. The second-order valence-corrected chi connectivity index (χ2v) is 4.78. The molecule has 0 unspecified atom stereocenters. The Morgan fingerprint density at radius 3 is 3.11 bits per heavy atom. The molecular weight excluding hydrogens is 312 g/mol. The van der Waals surface area contributed by atoms with Crippen LogP contribution in [-0.2, 0) is 11.3 Å². The highest BCUT2D eigenvalue weighted by atomic mass is 79.9. The number of nitrogens with one attached hydrogen (secondary N) is 2. The largest absolute Gasteiger partial charge is 0.481 e. The summed E-state index contributed by atoms with van der Waals surface area (Å²) in [5.74, 6) is 1.02. The van der Waals surface area contributed by atoms with Crippen LogP contribution in [0.25, 0.3) is 0 Å². The number of aromatic amines is 1. The molecule has 1 heterocycles. The molecule has 2 N–H and O–H groups in total. The lowest BCUT2D eigenvalue weighted by atomic mass is 10.3. The predicted molar refractivity (Wildman–Crippen MR) is 72.5 cm³/mol. The SMILES string of the molecule is C[C@H](Oc1cccc(Br)c1)C(=O)NCc1ncn[nH]1. The van der Waals surface area contributed by atoms with E-state index in [1.54, 1.807) is 19.1 Å². The zero-order chi connectivity index (χ0) is 13.7. The first-order valence-corrected chi connectivity index (χ1v) is 6.48. The van der Waals surface area contributed by atoms with Gasteiger partial charge in [-0.1, -0.05) is 22.0 Å². The minimum atomic E-state index is -0.586. The van der Waals surface area contributed by atoms with Crippen LogP contribution >= 0.6 is 15.9 Å². The van der Waals surface area contributed by atoms with Crippen molar-refractivity contribution in [3.05, 3.63) is 40.9 Å². The predicted octanol–water partition coefficient (Wildman–Crippen LogP) is 1.65. The quantitative estimate of drug-likeness (QED) is 0.876. The summed E-state index contributed by atoms with van der Waals surface area (Å²) in [5, 5.41) is 9.07. The van der Waals surface area contributed by atoms with E-state index in [0.717, 1.165) is 4.47 Å². The molecular formula is C12H13BrN4O2. The third-order valence-electron chi connectivity index (χ3n) is 2.37. The van der Waals surface area contributed by atoms with Crippen LogP contribution < -0.4 is 10.1 Å². The number of hydrogen-bond donors (Lipinski definition) is 2. The minimum Gasteiger partial charge on any atom is -0.481 e. The maximum absolute atomic E-state index is 11.8. The summed E-state index contributed by atoms with van der Waals surface area (Å²) in [7, 11) is 0. The Kier molecular flexibility index (Phi) is 4.51. The molecule has 6 nitrogen and oxygen atoms in total. The van der Waals surface area contributed by atoms with E-state index >= 15 is 0 Å². The maximum Gasteiger partial charge on any atom is 0.261 e. The number of aromatic nitrogens is 3. The highest BCUT2D eigenvalue weighted by Crippen LogP contribution is 2.18. The molecule has 7 heteroatoms. The van der Waals surface area contributed by atoms with Gasteiger partial charge in [0.05, 0.1) is 6.54 Å². The van der Waals surface area contributed by atoms with Gasteiger partial charge in [0.2, 0.25) is 0 Å². The van der Waals surface area contributed by atoms with Gasteiger partial charge in [-0.2, -0.15) is 5.10 Å². The fraction of sp³-hybridized carbons (Fsp3) is 0.250.